The lowest BCUT2D eigenvalue weighted by Gasteiger charge is -1.93. The van der Waals surface area contributed by atoms with Crippen LogP contribution in [0.1, 0.15) is 0 Å². The summed E-state index contributed by atoms with van der Waals surface area (Å²) in [5.74, 6) is 0. The lowest BCUT2D eigenvalue weighted by molar-refractivity contribution is 1.07. The van der Waals surface area contributed by atoms with Crippen LogP contribution in [-0.4, -0.2) is 10.2 Å². The minimum Gasteiger partial charge on any atom is -0.277 e. The molecular weight excluding hydrogens is 216 g/mol. The summed E-state index contributed by atoms with van der Waals surface area (Å²) in [6, 6.07) is 12.0. The van der Waals surface area contributed by atoms with E-state index in [0.717, 1.165) is 15.9 Å². The molecule has 0 atom stereocenters. The van der Waals surface area contributed by atoms with Gasteiger partial charge in [-0.1, -0.05) is 30.3 Å². The topological polar surface area (TPSA) is 28.7 Å². The molecule has 0 spiro atoms. The summed E-state index contributed by atoms with van der Waals surface area (Å²) >= 11 is 3.29. The molecule has 3 heteroatoms. The second-order valence-electron chi connectivity index (χ2n) is 2.47. The number of aromatic nitrogens is 2. The molecular formula is C9H7BrN2. The van der Waals surface area contributed by atoms with Crippen molar-refractivity contribution in [1.82, 2.24) is 10.2 Å². The lowest BCUT2D eigenvalue weighted by Crippen LogP contribution is -1.75. The van der Waals surface area contributed by atoms with Gasteiger partial charge in [0.2, 0.25) is 0 Å². The Kier molecular flexibility index (Phi) is 1.96. The van der Waals surface area contributed by atoms with Crippen LogP contribution < -0.4 is 0 Å². The molecule has 12 heavy (non-hydrogen) atoms. The zero-order valence-electron chi connectivity index (χ0n) is 6.29. The number of rotatable bonds is 1. The second kappa shape index (κ2) is 3.11. The van der Waals surface area contributed by atoms with E-state index in [1.807, 2.05) is 36.4 Å². The van der Waals surface area contributed by atoms with Crippen molar-refractivity contribution in [2.75, 3.05) is 0 Å². The fourth-order valence-electron chi connectivity index (χ4n) is 1.06. The summed E-state index contributed by atoms with van der Waals surface area (Å²) in [6.45, 7) is 0. The van der Waals surface area contributed by atoms with Crippen molar-refractivity contribution in [2.45, 2.75) is 0 Å². The molecule has 2 rings (SSSR count). The molecule has 2 nitrogen and oxygen atoms in total. The molecule has 0 fully saturated rings. The van der Waals surface area contributed by atoms with Crippen LogP contribution >= 0.6 is 15.9 Å². The van der Waals surface area contributed by atoms with E-state index in [0.29, 0.717) is 0 Å². The second-order valence-corrected chi connectivity index (χ2v) is 3.28. The maximum absolute atomic E-state index is 3.98. The highest BCUT2D eigenvalue weighted by Crippen LogP contribution is 2.18. The molecule has 1 N–H and O–H groups in total. The number of H-pyrrole nitrogens is 1. The smallest absolute Gasteiger partial charge is 0.128 e. The minimum absolute atomic E-state index is 0.835. The predicted octanol–water partition coefficient (Wildman–Crippen LogP) is 2.84. The van der Waals surface area contributed by atoms with Crippen molar-refractivity contribution in [3.8, 4) is 11.3 Å². The fourth-order valence-corrected chi connectivity index (χ4v) is 1.38. The van der Waals surface area contributed by atoms with Crippen molar-refractivity contribution >= 4 is 15.9 Å². The molecule has 1 aromatic heterocycles. The van der Waals surface area contributed by atoms with Crippen molar-refractivity contribution in [2.24, 2.45) is 0 Å². The van der Waals surface area contributed by atoms with Crippen LogP contribution in [0.15, 0.2) is 41.0 Å². The van der Waals surface area contributed by atoms with E-state index in [1.165, 1.54) is 0 Å². The Balaban J connectivity index is 2.45. The minimum atomic E-state index is 0.835. The number of benzene rings is 1. The van der Waals surface area contributed by atoms with Crippen LogP contribution in [0.2, 0.25) is 0 Å². The highest BCUT2D eigenvalue weighted by Gasteiger charge is 1.98. The average Bonchev–Trinajstić information content (AvgIpc) is 2.54. The van der Waals surface area contributed by atoms with Gasteiger partial charge in [0.15, 0.2) is 0 Å². The average molecular weight is 223 g/mol. The van der Waals surface area contributed by atoms with Gasteiger partial charge in [0, 0.05) is 0 Å². The van der Waals surface area contributed by atoms with E-state index in [-0.39, 0.29) is 0 Å². The van der Waals surface area contributed by atoms with Gasteiger partial charge in [0.25, 0.3) is 0 Å². The third-order valence-electron chi connectivity index (χ3n) is 1.63. The third kappa shape index (κ3) is 1.41. The van der Waals surface area contributed by atoms with Gasteiger partial charge in [-0.25, -0.2) is 0 Å². The van der Waals surface area contributed by atoms with E-state index in [4.69, 9.17) is 0 Å². The summed E-state index contributed by atoms with van der Waals surface area (Å²) in [5.41, 5.74) is 2.18. The molecule has 0 bridgehead atoms. The van der Waals surface area contributed by atoms with Gasteiger partial charge in [-0.15, -0.1) is 0 Å². The number of hydrogen-bond donors (Lipinski definition) is 1. The maximum Gasteiger partial charge on any atom is 0.128 e. The van der Waals surface area contributed by atoms with Crippen LogP contribution in [-0.2, 0) is 0 Å². The van der Waals surface area contributed by atoms with Gasteiger partial charge in [-0.3, -0.25) is 5.10 Å². The molecule has 0 saturated heterocycles. The van der Waals surface area contributed by atoms with Gasteiger partial charge < -0.3 is 0 Å². The fraction of sp³-hybridized carbons (Fsp3) is 0. The number of halogens is 1. The zero-order valence-corrected chi connectivity index (χ0v) is 7.88. The van der Waals surface area contributed by atoms with Crippen molar-refractivity contribution < 1.29 is 0 Å². The van der Waals surface area contributed by atoms with E-state index in [9.17, 15) is 0 Å². The number of hydrogen-bond acceptors (Lipinski definition) is 1. The SMILES string of the molecule is Brc1cc(-c2ccccc2)[nH]n1. The standard InChI is InChI=1S/C9H7BrN2/c10-9-6-8(11-12-9)7-4-2-1-3-5-7/h1-6H,(H,11,12). The molecule has 0 aliphatic rings. The van der Waals surface area contributed by atoms with E-state index in [2.05, 4.69) is 26.1 Å². The van der Waals surface area contributed by atoms with Crippen molar-refractivity contribution in [1.29, 1.82) is 0 Å². The first kappa shape index (κ1) is 7.55. The number of aromatic amines is 1. The Morgan fingerprint density at radius 2 is 1.92 bits per heavy atom. The number of nitrogens with one attached hydrogen (secondary N) is 1. The van der Waals surface area contributed by atoms with Gasteiger partial charge in [0.05, 0.1) is 5.69 Å². The molecule has 1 aromatic carbocycles. The first-order chi connectivity index (χ1) is 5.86. The first-order valence-electron chi connectivity index (χ1n) is 3.62. The largest absolute Gasteiger partial charge is 0.277 e. The summed E-state index contributed by atoms with van der Waals surface area (Å²) in [4.78, 5) is 0. The number of nitrogens with zero attached hydrogens (tertiary/aromatic N) is 1. The molecule has 0 aliphatic heterocycles. The summed E-state index contributed by atoms with van der Waals surface area (Å²) in [6.07, 6.45) is 0. The molecule has 0 saturated carbocycles. The molecule has 0 unspecified atom stereocenters. The van der Waals surface area contributed by atoms with Gasteiger partial charge >= 0.3 is 0 Å². The van der Waals surface area contributed by atoms with E-state index >= 15 is 0 Å². The zero-order chi connectivity index (χ0) is 8.39. The lowest BCUT2D eigenvalue weighted by atomic mass is 10.2. The molecule has 0 amide bonds. The van der Waals surface area contributed by atoms with Crippen molar-refractivity contribution in [3.05, 3.63) is 41.0 Å². The van der Waals surface area contributed by atoms with Crippen LogP contribution in [0.5, 0.6) is 0 Å². The molecule has 2 aromatic rings. The summed E-state index contributed by atoms with van der Waals surface area (Å²) in [5, 5.41) is 6.91. The van der Waals surface area contributed by atoms with Gasteiger partial charge in [-0.05, 0) is 27.6 Å². The van der Waals surface area contributed by atoms with Gasteiger partial charge in [-0.2, -0.15) is 5.10 Å². The van der Waals surface area contributed by atoms with Crippen molar-refractivity contribution in [3.63, 3.8) is 0 Å². The van der Waals surface area contributed by atoms with Crippen LogP contribution in [0.4, 0.5) is 0 Å². The normalized spacial score (nSPS) is 10.1. The Bertz CT molecular complexity index is 367. The highest BCUT2D eigenvalue weighted by molar-refractivity contribution is 9.10. The molecule has 0 aliphatic carbocycles. The molecule has 60 valence electrons. The summed E-state index contributed by atoms with van der Waals surface area (Å²) in [7, 11) is 0. The molecule has 1 heterocycles. The van der Waals surface area contributed by atoms with Crippen LogP contribution in [0.25, 0.3) is 11.3 Å². The van der Waals surface area contributed by atoms with E-state index in [1.54, 1.807) is 0 Å². The molecule has 0 radical (unpaired) electrons. The quantitative estimate of drug-likeness (QED) is 0.791. The van der Waals surface area contributed by atoms with E-state index < -0.39 is 0 Å². The third-order valence-corrected chi connectivity index (χ3v) is 2.04. The van der Waals surface area contributed by atoms with Crippen LogP contribution in [0.3, 0.4) is 0 Å². The first-order valence-corrected chi connectivity index (χ1v) is 4.42. The summed E-state index contributed by atoms with van der Waals surface area (Å²) < 4.78 is 0.835. The highest BCUT2D eigenvalue weighted by atomic mass is 79.9. The Morgan fingerprint density at radius 3 is 2.50 bits per heavy atom. The maximum atomic E-state index is 3.98. The predicted molar refractivity (Wildman–Crippen MR) is 51.7 cm³/mol. The Labute approximate surface area is 78.8 Å². The van der Waals surface area contributed by atoms with Crippen LogP contribution in [0, 0.1) is 0 Å². The van der Waals surface area contributed by atoms with Gasteiger partial charge in [0.1, 0.15) is 4.60 Å². The monoisotopic (exact) mass is 222 g/mol. The Hall–Kier alpha value is -1.09. The Morgan fingerprint density at radius 1 is 1.17 bits per heavy atom.